The highest BCUT2D eigenvalue weighted by Crippen LogP contribution is 2.14. The predicted octanol–water partition coefficient (Wildman–Crippen LogP) is 0.757. The standard InChI is InChI=1S/C8H19NO3Si/c1-7(10)9(3)8(2)13(6,11-4)12-5/h8H,1-6H3. The van der Waals surface area contributed by atoms with E-state index in [9.17, 15) is 4.79 Å². The summed E-state index contributed by atoms with van der Waals surface area (Å²) in [7, 11) is 2.79. The van der Waals surface area contributed by atoms with E-state index in [2.05, 4.69) is 0 Å². The normalized spacial score (nSPS) is 14.0. The van der Waals surface area contributed by atoms with Crippen molar-refractivity contribution in [3.63, 3.8) is 0 Å². The molecular weight excluding hydrogens is 186 g/mol. The second-order valence-corrected chi connectivity index (χ2v) is 6.91. The molecule has 0 saturated heterocycles. The van der Waals surface area contributed by atoms with Crippen LogP contribution in [0.1, 0.15) is 13.8 Å². The van der Waals surface area contributed by atoms with Gasteiger partial charge in [-0.15, -0.1) is 0 Å². The maximum absolute atomic E-state index is 11.1. The molecule has 1 amide bonds. The van der Waals surface area contributed by atoms with Crippen molar-refractivity contribution in [2.45, 2.75) is 26.1 Å². The zero-order chi connectivity index (χ0) is 10.6. The second-order valence-electron chi connectivity index (χ2n) is 3.23. The third-order valence-electron chi connectivity index (χ3n) is 2.65. The Balaban J connectivity index is 4.54. The second kappa shape index (κ2) is 4.73. The number of nitrogens with zero attached hydrogens (tertiary/aromatic N) is 1. The first-order chi connectivity index (χ1) is 5.89. The Bertz CT molecular complexity index is 182. The lowest BCUT2D eigenvalue weighted by molar-refractivity contribution is -0.128. The molecule has 78 valence electrons. The van der Waals surface area contributed by atoms with Crippen molar-refractivity contribution in [1.29, 1.82) is 0 Å². The van der Waals surface area contributed by atoms with Gasteiger partial charge in [-0.3, -0.25) is 4.79 Å². The monoisotopic (exact) mass is 205 g/mol. The molecule has 0 aromatic heterocycles. The Kier molecular flexibility index (Phi) is 4.59. The summed E-state index contributed by atoms with van der Waals surface area (Å²) in [6.45, 7) is 5.42. The molecular formula is C8H19NO3Si. The first-order valence-corrected chi connectivity index (χ1v) is 6.62. The topological polar surface area (TPSA) is 38.8 Å². The van der Waals surface area contributed by atoms with Crippen LogP contribution in [-0.4, -0.2) is 46.3 Å². The van der Waals surface area contributed by atoms with Gasteiger partial charge in [-0.2, -0.15) is 0 Å². The molecule has 0 aliphatic heterocycles. The minimum Gasteiger partial charge on any atom is -0.397 e. The zero-order valence-electron chi connectivity index (χ0n) is 9.25. The van der Waals surface area contributed by atoms with Crippen LogP contribution < -0.4 is 0 Å². The van der Waals surface area contributed by atoms with Gasteiger partial charge in [-0.1, -0.05) is 0 Å². The number of amides is 1. The van der Waals surface area contributed by atoms with Crippen LogP contribution in [0.5, 0.6) is 0 Å². The highest BCUT2D eigenvalue weighted by Gasteiger charge is 2.39. The molecule has 0 aliphatic rings. The minimum absolute atomic E-state index is 0.0139. The smallest absolute Gasteiger partial charge is 0.357 e. The van der Waals surface area contributed by atoms with Crippen LogP contribution >= 0.6 is 0 Å². The van der Waals surface area contributed by atoms with E-state index in [0.29, 0.717) is 0 Å². The fourth-order valence-corrected chi connectivity index (χ4v) is 2.78. The van der Waals surface area contributed by atoms with Crippen LogP contribution in [0.3, 0.4) is 0 Å². The summed E-state index contributed by atoms with van der Waals surface area (Å²) in [6, 6.07) is 0. The average molecular weight is 205 g/mol. The van der Waals surface area contributed by atoms with E-state index in [1.54, 1.807) is 26.2 Å². The van der Waals surface area contributed by atoms with Crippen molar-refractivity contribution >= 4 is 14.5 Å². The molecule has 1 unspecified atom stereocenters. The van der Waals surface area contributed by atoms with Crippen molar-refractivity contribution in [3.8, 4) is 0 Å². The molecule has 0 spiro atoms. The van der Waals surface area contributed by atoms with E-state index < -0.39 is 8.56 Å². The first-order valence-electron chi connectivity index (χ1n) is 4.22. The fourth-order valence-electron chi connectivity index (χ4n) is 1.05. The summed E-state index contributed by atoms with van der Waals surface area (Å²) in [6.07, 6.45) is 0. The summed E-state index contributed by atoms with van der Waals surface area (Å²) in [5.41, 5.74) is 0.0139. The first kappa shape index (κ1) is 12.6. The van der Waals surface area contributed by atoms with Gasteiger partial charge in [-0.05, 0) is 13.5 Å². The molecule has 0 aromatic rings. The zero-order valence-corrected chi connectivity index (χ0v) is 10.2. The maximum Gasteiger partial charge on any atom is 0.357 e. The lowest BCUT2D eigenvalue weighted by Crippen LogP contribution is -2.56. The van der Waals surface area contributed by atoms with Gasteiger partial charge < -0.3 is 13.8 Å². The number of carbonyl (C=O) groups excluding carboxylic acids is 1. The average Bonchev–Trinajstić information content (AvgIpc) is 2.14. The maximum atomic E-state index is 11.1. The third kappa shape index (κ3) is 2.79. The van der Waals surface area contributed by atoms with E-state index in [0.717, 1.165) is 0 Å². The Morgan fingerprint density at radius 2 is 1.77 bits per heavy atom. The molecule has 0 N–H and O–H groups in total. The van der Waals surface area contributed by atoms with Gasteiger partial charge in [0.25, 0.3) is 0 Å². The lowest BCUT2D eigenvalue weighted by atomic mass is 10.5. The Hall–Kier alpha value is -0.393. The number of carbonyl (C=O) groups is 1. The molecule has 0 heterocycles. The quantitative estimate of drug-likeness (QED) is 0.636. The van der Waals surface area contributed by atoms with E-state index in [-0.39, 0.29) is 11.6 Å². The van der Waals surface area contributed by atoms with E-state index in [1.807, 2.05) is 13.5 Å². The molecule has 4 nitrogen and oxygen atoms in total. The van der Waals surface area contributed by atoms with Gasteiger partial charge in [-0.25, -0.2) is 0 Å². The van der Waals surface area contributed by atoms with E-state index in [1.165, 1.54) is 6.92 Å². The summed E-state index contributed by atoms with van der Waals surface area (Å²) in [5, 5.41) is 0. The van der Waals surface area contributed by atoms with E-state index >= 15 is 0 Å². The molecule has 0 radical (unpaired) electrons. The van der Waals surface area contributed by atoms with Crippen molar-refractivity contribution in [2.75, 3.05) is 21.3 Å². The van der Waals surface area contributed by atoms with Crippen molar-refractivity contribution < 1.29 is 13.6 Å². The van der Waals surface area contributed by atoms with Crippen LogP contribution in [0.4, 0.5) is 0 Å². The molecule has 5 heteroatoms. The van der Waals surface area contributed by atoms with Crippen LogP contribution in [-0.2, 0) is 13.6 Å². The van der Waals surface area contributed by atoms with Gasteiger partial charge >= 0.3 is 8.56 Å². The molecule has 13 heavy (non-hydrogen) atoms. The number of hydrogen-bond acceptors (Lipinski definition) is 3. The number of hydrogen-bond donors (Lipinski definition) is 0. The molecule has 0 fully saturated rings. The Morgan fingerprint density at radius 3 is 2.00 bits per heavy atom. The van der Waals surface area contributed by atoms with Crippen LogP contribution in [0.25, 0.3) is 0 Å². The third-order valence-corrected chi connectivity index (χ3v) is 6.17. The van der Waals surface area contributed by atoms with E-state index in [4.69, 9.17) is 8.85 Å². The molecule has 0 aromatic carbocycles. The van der Waals surface area contributed by atoms with Crippen LogP contribution in [0.15, 0.2) is 0 Å². The Labute approximate surface area is 81.1 Å². The minimum atomic E-state index is -2.22. The highest BCUT2D eigenvalue weighted by atomic mass is 28.4. The molecule has 0 bridgehead atoms. The van der Waals surface area contributed by atoms with Gasteiger partial charge in [0, 0.05) is 28.2 Å². The van der Waals surface area contributed by atoms with Crippen LogP contribution in [0, 0.1) is 0 Å². The predicted molar refractivity (Wildman–Crippen MR) is 53.5 cm³/mol. The summed E-state index contributed by atoms with van der Waals surface area (Å²) >= 11 is 0. The number of rotatable bonds is 4. The van der Waals surface area contributed by atoms with Crippen molar-refractivity contribution in [3.05, 3.63) is 0 Å². The summed E-state index contributed by atoms with van der Waals surface area (Å²) in [5.74, 6) is 0.0281. The summed E-state index contributed by atoms with van der Waals surface area (Å²) < 4.78 is 10.7. The molecule has 1 atom stereocenters. The van der Waals surface area contributed by atoms with Gasteiger partial charge in [0.15, 0.2) is 0 Å². The van der Waals surface area contributed by atoms with Crippen LogP contribution in [0.2, 0.25) is 6.55 Å². The van der Waals surface area contributed by atoms with Gasteiger partial charge in [0.2, 0.25) is 5.91 Å². The van der Waals surface area contributed by atoms with Gasteiger partial charge in [0.1, 0.15) is 0 Å². The Morgan fingerprint density at radius 1 is 1.38 bits per heavy atom. The lowest BCUT2D eigenvalue weighted by Gasteiger charge is -2.35. The molecule has 0 aliphatic carbocycles. The summed E-state index contributed by atoms with van der Waals surface area (Å²) in [4.78, 5) is 12.8. The highest BCUT2D eigenvalue weighted by molar-refractivity contribution is 6.67. The van der Waals surface area contributed by atoms with Crippen molar-refractivity contribution in [1.82, 2.24) is 4.90 Å². The fraction of sp³-hybridized carbons (Fsp3) is 0.875. The molecule has 0 rings (SSSR count). The van der Waals surface area contributed by atoms with Crippen molar-refractivity contribution in [2.24, 2.45) is 0 Å². The van der Waals surface area contributed by atoms with Gasteiger partial charge in [0.05, 0.1) is 5.67 Å². The SMILES string of the molecule is CO[Si](C)(OC)C(C)N(C)C(C)=O. The molecule has 0 saturated carbocycles. The largest absolute Gasteiger partial charge is 0.397 e.